The molecule has 0 atom stereocenters. The quantitative estimate of drug-likeness (QED) is 0.229. The predicted molar refractivity (Wildman–Crippen MR) is 142 cm³/mol. The molecule has 0 unspecified atom stereocenters. The standard InChI is InChI=1S/C28H26N4O4/c1-3-31(4-2)28(34)20-12-15-22(16-13-20)29-27(33)21-14-17-26(32(35)36)25(18-21)30-24-11-7-9-19-8-5-6-10-23(19)24/h5-18,30H,3-4H2,1-2H3,(H,29,33). The summed E-state index contributed by atoms with van der Waals surface area (Å²) < 4.78 is 0. The first-order valence-electron chi connectivity index (χ1n) is 11.6. The molecule has 0 fully saturated rings. The number of rotatable bonds is 8. The summed E-state index contributed by atoms with van der Waals surface area (Å²) in [6.07, 6.45) is 0. The summed E-state index contributed by atoms with van der Waals surface area (Å²) in [5.74, 6) is -0.494. The van der Waals surface area contributed by atoms with Gasteiger partial charge in [0.2, 0.25) is 0 Å². The van der Waals surface area contributed by atoms with E-state index in [1.807, 2.05) is 56.3 Å². The molecule has 182 valence electrons. The Kier molecular flexibility index (Phi) is 7.25. The van der Waals surface area contributed by atoms with Gasteiger partial charge in [0.25, 0.3) is 17.5 Å². The monoisotopic (exact) mass is 482 g/mol. The number of amides is 2. The molecule has 0 spiro atoms. The zero-order chi connectivity index (χ0) is 25.7. The van der Waals surface area contributed by atoms with Crippen LogP contribution in [-0.2, 0) is 0 Å². The van der Waals surface area contributed by atoms with Crippen molar-refractivity contribution in [1.29, 1.82) is 0 Å². The molecule has 4 rings (SSSR count). The van der Waals surface area contributed by atoms with Crippen molar-refractivity contribution in [3.05, 3.63) is 106 Å². The van der Waals surface area contributed by atoms with Crippen LogP contribution in [-0.4, -0.2) is 34.7 Å². The van der Waals surface area contributed by atoms with E-state index in [-0.39, 0.29) is 22.8 Å². The van der Waals surface area contributed by atoms with Gasteiger partial charge in [-0.1, -0.05) is 36.4 Å². The number of hydrogen-bond donors (Lipinski definition) is 2. The Bertz CT molecular complexity index is 1420. The van der Waals surface area contributed by atoms with Gasteiger partial charge in [0.15, 0.2) is 0 Å². The smallest absolute Gasteiger partial charge is 0.292 e. The van der Waals surface area contributed by atoms with Gasteiger partial charge < -0.3 is 15.5 Å². The van der Waals surface area contributed by atoms with E-state index in [2.05, 4.69) is 10.6 Å². The number of hydrogen-bond acceptors (Lipinski definition) is 5. The first-order chi connectivity index (χ1) is 17.4. The van der Waals surface area contributed by atoms with Gasteiger partial charge >= 0.3 is 0 Å². The van der Waals surface area contributed by atoms with E-state index in [1.165, 1.54) is 18.2 Å². The summed E-state index contributed by atoms with van der Waals surface area (Å²) in [5.41, 5.74) is 2.07. The number of anilines is 3. The van der Waals surface area contributed by atoms with E-state index in [1.54, 1.807) is 29.2 Å². The van der Waals surface area contributed by atoms with Crippen LogP contribution in [0.15, 0.2) is 84.9 Å². The van der Waals surface area contributed by atoms with Crippen molar-refractivity contribution in [3.8, 4) is 0 Å². The van der Waals surface area contributed by atoms with Crippen LogP contribution in [0.4, 0.5) is 22.7 Å². The van der Waals surface area contributed by atoms with Crippen molar-refractivity contribution in [1.82, 2.24) is 4.90 Å². The number of nitrogens with zero attached hydrogens (tertiary/aromatic N) is 2. The summed E-state index contributed by atoms with van der Waals surface area (Å²) in [5, 5.41) is 19.5. The van der Waals surface area contributed by atoms with Crippen molar-refractivity contribution < 1.29 is 14.5 Å². The average Bonchev–Trinajstić information content (AvgIpc) is 2.89. The van der Waals surface area contributed by atoms with E-state index >= 15 is 0 Å². The van der Waals surface area contributed by atoms with Crippen LogP contribution in [0, 0.1) is 10.1 Å². The summed E-state index contributed by atoms with van der Waals surface area (Å²) >= 11 is 0. The van der Waals surface area contributed by atoms with Gasteiger partial charge in [-0.05, 0) is 61.7 Å². The van der Waals surface area contributed by atoms with Crippen molar-refractivity contribution in [2.24, 2.45) is 0 Å². The van der Waals surface area contributed by atoms with Crippen LogP contribution in [0.2, 0.25) is 0 Å². The third-order valence-electron chi connectivity index (χ3n) is 5.95. The van der Waals surface area contributed by atoms with Crippen LogP contribution < -0.4 is 10.6 Å². The Labute approximate surface area is 208 Å². The molecule has 8 heteroatoms. The van der Waals surface area contributed by atoms with Crippen LogP contribution in [0.25, 0.3) is 10.8 Å². The molecule has 0 aromatic heterocycles. The van der Waals surface area contributed by atoms with Crippen LogP contribution in [0.5, 0.6) is 0 Å². The number of nitrogens with one attached hydrogen (secondary N) is 2. The Morgan fingerprint density at radius 2 is 1.50 bits per heavy atom. The molecule has 36 heavy (non-hydrogen) atoms. The molecule has 2 N–H and O–H groups in total. The second kappa shape index (κ2) is 10.7. The van der Waals surface area contributed by atoms with Gasteiger partial charge in [0, 0.05) is 47.0 Å². The number of nitro groups is 1. The zero-order valence-electron chi connectivity index (χ0n) is 20.0. The Morgan fingerprint density at radius 1 is 0.833 bits per heavy atom. The lowest BCUT2D eigenvalue weighted by atomic mass is 10.1. The Balaban J connectivity index is 1.57. The third-order valence-corrected chi connectivity index (χ3v) is 5.95. The second-order valence-corrected chi connectivity index (χ2v) is 8.15. The Hall–Kier alpha value is -4.72. The molecule has 0 radical (unpaired) electrons. The van der Waals surface area contributed by atoms with Crippen molar-refractivity contribution >= 4 is 45.3 Å². The fourth-order valence-corrected chi connectivity index (χ4v) is 4.01. The van der Waals surface area contributed by atoms with Crippen LogP contribution in [0.1, 0.15) is 34.6 Å². The van der Waals surface area contributed by atoms with Gasteiger partial charge in [-0.3, -0.25) is 19.7 Å². The van der Waals surface area contributed by atoms with E-state index in [9.17, 15) is 19.7 Å². The molecule has 0 saturated carbocycles. The maximum Gasteiger partial charge on any atom is 0.292 e. The lowest BCUT2D eigenvalue weighted by Gasteiger charge is -2.18. The molecule has 0 heterocycles. The lowest BCUT2D eigenvalue weighted by Crippen LogP contribution is -2.30. The predicted octanol–water partition coefficient (Wildman–Crippen LogP) is 6.23. The van der Waals surface area contributed by atoms with E-state index in [0.717, 1.165) is 10.8 Å². The molecular weight excluding hydrogens is 456 g/mol. The summed E-state index contributed by atoms with van der Waals surface area (Å²) in [6.45, 7) is 5.07. The molecule has 4 aromatic rings. The van der Waals surface area contributed by atoms with Gasteiger partial charge in [0.1, 0.15) is 5.69 Å². The summed E-state index contributed by atoms with van der Waals surface area (Å²) in [6, 6.07) is 24.2. The van der Waals surface area contributed by atoms with Gasteiger partial charge in [0.05, 0.1) is 4.92 Å². The minimum Gasteiger partial charge on any atom is -0.349 e. The normalized spacial score (nSPS) is 10.6. The van der Waals surface area contributed by atoms with Crippen molar-refractivity contribution in [3.63, 3.8) is 0 Å². The Morgan fingerprint density at radius 3 is 2.19 bits per heavy atom. The molecule has 0 aliphatic heterocycles. The highest BCUT2D eigenvalue weighted by Crippen LogP contribution is 2.32. The fraction of sp³-hybridized carbons (Fsp3) is 0.143. The highest BCUT2D eigenvalue weighted by Gasteiger charge is 2.18. The molecule has 0 aliphatic carbocycles. The molecule has 0 aliphatic rings. The maximum absolute atomic E-state index is 12.9. The summed E-state index contributed by atoms with van der Waals surface area (Å²) in [4.78, 5) is 38.3. The lowest BCUT2D eigenvalue weighted by molar-refractivity contribution is -0.383. The first kappa shape index (κ1) is 24.4. The third kappa shape index (κ3) is 5.17. The number of fused-ring (bicyclic) bond motifs is 1. The topological polar surface area (TPSA) is 105 Å². The van der Waals surface area contributed by atoms with E-state index in [4.69, 9.17) is 0 Å². The highest BCUT2D eigenvalue weighted by atomic mass is 16.6. The second-order valence-electron chi connectivity index (χ2n) is 8.15. The van der Waals surface area contributed by atoms with Gasteiger partial charge in [-0.15, -0.1) is 0 Å². The van der Waals surface area contributed by atoms with Gasteiger partial charge in [-0.2, -0.15) is 0 Å². The molecular formula is C28H26N4O4. The SMILES string of the molecule is CCN(CC)C(=O)c1ccc(NC(=O)c2ccc([N+](=O)[O-])c(Nc3cccc4ccccc34)c2)cc1. The average molecular weight is 483 g/mol. The first-order valence-corrected chi connectivity index (χ1v) is 11.6. The van der Waals surface area contributed by atoms with E-state index in [0.29, 0.717) is 30.0 Å². The van der Waals surface area contributed by atoms with Crippen LogP contribution in [0.3, 0.4) is 0 Å². The largest absolute Gasteiger partial charge is 0.349 e. The number of carbonyl (C=O) groups excluding carboxylic acids is 2. The number of benzene rings is 4. The highest BCUT2D eigenvalue weighted by molar-refractivity contribution is 6.06. The van der Waals surface area contributed by atoms with Gasteiger partial charge in [-0.25, -0.2) is 0 Å². The summed E-state index contributed by atoms with van der Waals surface area (Å²) in [7, 11) is 0. The van der Waals surface area contributed by atoms with E-state index < -0.39 is 10.8 Å². The molecule has 8 nitrogen and oxygen atoms in total. The minimum absolute atomic E-state index is 0.0719. The maximum atomic E-state index is 12.9. The molecule has 2 amide bonds. The molecule has 0 bridgehead atoms. The fourth-order valence-electron chi connectivity index (χ4n) is 4.01. The molecule has 0 saturated heterocycles. The number of nitro benzene ring substituents is 1. The van der Waals surface area contributed by atoms with Crippen molar-refractivity contribution in [2.45, 2.75) is 13.8 Å². The molecule has 4 aromatic carbocycles. The zero-order valence-corrected chi connectivity index (χ0v) is 20.0. The van der Waals surface area contributed by atoms with Crippen molar-refractivity contribution in [2.75, 3.05) is 23.7 Å². The number of carbonyl (C=O) groups is 2. The van der Waals surface area contributed by atoms with Crippen LogP contribution >= 0.6 is 0 Å². The minimum atomic E-state index is -0.485.